The molecule has 0 saturated heterocycles. The van der Waals surface area contributed by atoms with Crippen molar-refractivity contribution in [3.63, 3.8) is 0 Å². The molecule has 0 saturated carbocycles. The molecule has 108 valence electrons. The minimum absolute atomic E-state index is 0.639. The van der Waals surface area contributed by atoms with E-state index in [-0.39, 0.29) is 0 Å². The average molecular weight is 261 g/mol. The van der Waals surface area contributed by atoms with Crippen LogP contribution in [0.3, 0.4) is 0 Å². The van der Waals surface area contributed by atoms with Gasteiger partial charge in [0.25, 0.3) is 0 Å². The molecule has 19 heavy (non-hydrogen) atoms. The van der Waals surface area contributed by atoms with E-state index in [0.717, 1.165) is 12.5 Å². The molecule has 0 heterocycles. The van der Waals surface area contributed by atoms with Crippen LogP contribution in [-0.2, 0) is 6.42 Å². The van der Waals surface area contributed by atoms with E-state index in [1.807, 2.05) is 0 Å². The van der Waals surface area contributed by atoms with Crippen LogP contribution in [0.25, 0.3) is 0 Å². The number of hydrogen-bond donors (Lipinski definition) is 1. The Balaban J connectivity index is 2.48. The summed E-state index contributed by atoms with van der Waals surface area (Å²) in [6.45, 7) is 10.2. The maximum atomic E-state index is 3.71. The largest absolute Gasteiger partial charge is 0.314 e. The summed E-state index contributed by atoms with van der Waals surface area (Å²) < 4.78 is 0. The van der Waals surface area contributed by atoms with Gasteiger partial charge in [0.1, 0.15) is 0 Å². The molecule has 0 bridgehead atoms. The van der Waals surface area contributed by atoms with Crippen LogP contribution in [-0.4, -0.2) is 12.6 Å². The third kappa shape index (κ3) is 7.37. The summed E-state index contributed by atoms with van der Waals surface area (Å²) in [5.74, 6) is 0.825. The molecule has 1 aromatic rings. The van der Waals surface area contributed by atoms with Gasteiger partial charge in [-0.3, -0.25) is 0 Å². The standard InChI is InChI=1S/C18H31N/c1-5-12-19-18(11-6-8-15(2)3)14-17-10-7-9-16(4)13-17/h7,9-10,13,15,18-19H,5-6,8,11-12,14H2,1-4H3. The molecule has 1 aromatic carbocycles. The van der Waals surface area contributed by atoms with E-state index in [0.29, 0.717) is 6.04 Å². The molecule has 1 N–H and O–H groups in total. The van der Waals surface area contributed by atoms with Gasteiger partial charge in [-0.15, -0.1) is 0 Å². The molecule has 1 nitrogen and oxygen atoms in total. The number of nitrogens with one attached hydrogen (secondary N) is 1. The Morgan fingerprint density at radius 3 is 2.58 bits per heavy atom. The quantitative estimate of drug-likeness (QED) is 0.677. The third-order valence-corrected chi connectivity index (χ3v) is 3.58. The fraction of sp³-hybridized carbons (Fsp3) is 0.667. The first-order chi connectivity index (χ1) is 9.11. The highest BCUT2D eigenvalue weighted by Crippen LogP contribution is 2.13. The van der Waals surface area contributed by atoms with Crippen LogP contribution >= 0.6 is 0 Å². The van der Waals surface area contributed by atoms with Crippen molar-refractivity contribution in [2.75, 3.05) is 6.54 Å². The number of aryl methyl sites for hydroxylation is 1. The zero-order valence-corrected chi connectivity index (χ0v) is 13.2. The van der Waals surface area contributed by atoms with Crippen LogP contribution in [0.15, 0.2) is 24.3 Å². The second-order valence-corrected chi connectivity index (χ2v) is 6.17. The van der Waals surface area contributed by atoms with Crippen molar-refractivity contribution in [1.82, 2.24) is 5.32 Å². The maximum Gasteiger partial charge on any atom is 0.0107 e. The Morgan fingerprint density at radius 2 is 1.95 bits per heavy atom. The van der Waals surface area contributed by atoms with Gasteiger partial charge in [-0.25, -0.2) is 0 Å². The van der Waals surface area contributed by atoms with Crippen LogP contribution in [0.2, 0.25) is 0 Å². The lowest BCUT2D eigenvalue weighted by Gasteiger charge is -2.19. The van der Waals surface area contributed by atoms with Crippen molar-refractivity contribution in [3.8, 4) is 0 Å². The molecule has 0 aliphatic carbocycles. The SMILES string of the molecule is CCCNC(CCCC(C)C)Cc1cccc(C)c1. The van der Waals surface area contributed by atoms with Crippen molar-refractivity contribution < 1.29 is 0 Å². The molecule has 1 rings (SSSR count). The highest BCUT2D eigenvalue weighted by molar-refractivity contribution is 5.22. The second kappa shape index (κ2) is 9.14. The highest BCUT2D eigenvalue weighted by Gasteiger charge is 2.09. The van der Waals surface area contributed by atoms with Gasteiger partial charge < -0.3 is 5.32 Å². The summed E-state index contributed by atoms with van der Waals surface area (Å²) in [5, 5.41) is 3.71. The van der Waals surface area contributed by atoms with Crippen molar-refractivity contribution in [3.05, 3.63) is 35.4 Å². The van der Waals surface area contributed by atoms with Crippen molar-refractivity contribution >= 4 is 0 Å². The highest BCUT2D eigenvalue weighted by atomic mass is 14.9. The van der Waals surface area contributed by atoms with Gasteiger partial charge in [0.15, 0.2) is 0 Å². The first-order valence-corrected chi connectivity index (χ1v) is 7.90. The Kier molecular flexibility index (Phi) is 7.81. The van der Waals surface area contributed by atoms with E-state index >= 15 is 0 Å². The first-order valence-electron chi connectivity index (χ1n) is 7.90. The van der Waals surface area contributed by atoms with E-state index in [9.17, 15) is 0 Å². The monoisotopic (exact) mass is 261 g/mol. The van der Waals surface area contributed by atoms with Gasteiger partial charge >= 0.3 is 0 Å². The predicted octanol–water partition coefficient (Wildman–Crippen LogP) is 4.73. The molecular formula is C18H31N. The fourth-order valence-electron chi connectivity index (χ4n) is 2.52. The van der Waals surface area contributed by atoms with Gasteiger partial charge in [-0.2, -0.15) is 0 Å². The Labute approximate surface area is 119 Å². The molecule has 0 aromatic heterocycles. The minimum Gasteiger partial charge on any atom is -0.314 e. The van der Waals surface area contributed by atoms with Gasteiger partial charge in [-0.1, -0.05) is 63.4 Å². The molecule has 1 unspecified atom stereocenters. The van der Waals surface area contributed by atoms with Crippen LogP contribution in [0, 0.1) is 12.8 Å². The van der Waals surface area contributed by atoms with Gasteiger partial charge in [-0.05, 0) is 44.2 Å². The van der Waals surface area contributed by atoms with E-state index < -0.39 is 0 Å². The predicted molar refractivity (Wildman–Crippen MR) is 85.7 cm³/mol. The van der Waals surface area contributed by atoms with Crippen molar-refractivity contribution in [2.24, 2.45) is 5.92 Å². The van der Waals surface area contributed by atoms with E-state index in [1.165, 1.54) is 43.2 Å². The molecule has 1 atom stereocenters. The van der Waals surface area contributed by atoms with Crippen LogP contribution < -0.4 is 5.32 Å². The number of hydrogen-bond acceptors (Lipinski definition) is 1. The second-order valence-electron chi connectivity index (χ2n) is 6.17. The van der Waals surface area contributed by atoms with Crippen molar-refractivity contribution in [2.45, 2.75) is 65.8 Å². The fourth-order valence-corrected chi connectivity index (χ4v) is 2.52. The number of benzene rings is 1. The molecule has 0 radical (unpaired) electrons. The summed E-state index contributed by atoms with van der Waals surface area (Å²) in [6.07, 6.45) is 6.36. The summed E-state index contributed by atoms with van der Waals surface area (Å²) in [5.41, 5.74) is 2.84. The van der Waals surface area contributed by atoms with Gasteiger partial charge in [0.05, 0.1) is 0 Å². The lowest BCUT2D eigenvalue weighted by molar-refractivity contribution is 0.434. The minimum atomic E-state index is 0.639. The molecule has 0 fully saturated rings. The summed E-state index contributed by atoms with van der Waals surface area (Å²) >= 11 is 0. The maximum absolute atomic E-state index is 3.71. The lowest BCUT2D eigenvalue weighted by atomic mass is 9.97. The van der Waals surface area contributed by atoms with Crippen LogP contribution in [0.1, 0.15) is 57.6 Å². The van der Waals surface area contributed by atoms with E-state index in [4.69, 9.17) is 0 Å². The van der Waals surface area contributed by atoms with Gasteiger partial charge in [0, 0.05) is 6.04 Å². The van der Waals surface area contributed by atoms with Crippen molar-refractivity contribution in [1.29, 1.82) is 0 Å². The average Bonchev–Trinajstić information content (AvgIpc) is 2.35. The normalized spacial score (nSPS) is 12.9. The Morgan fingerprint density at radius 1 is 1.16 bits per heavy atom. The van der Waals surface area contributed by atoms with Crippen LogP contribution in [0.4, 0.5) is 0 Å². The topological polar surface area (TPSA) is 12.0 Å². The molecule has 0 spiro atoms. The van der Waals surface area contributed by atoms with E-state index in [1.54, 1.807) is 0 Å². The lowest BCUT2D eigenvalue weighted by Crippen LogP contribution is -2.31. The molecule has 0 amide bonds. The third-order valence-electron chi connectivity index (χ3n) is 3.58. The molecule has 0 aliphatic heterocycles. The van der Waals surface area contributed by atoms with E-state index in [2.05, 4.69) is 57.3 Å². The Bertz CT molecular complexity index is 343. The first kappa shape index (κ1) is 16.2. The zero-order valence-electron chi connectivity index (χ0n) is 13.2. The summed E-state index contributed by atoms with van der Waals surface area (Å²) in [7, 11) is 0. The van der Waals surface area contributed by atoms with Crippen LogP contribution in [0.5, 0.6) is 0 Å². The molecule has 0 aliphatic rings. The zero-order chi connectivity index (χ0) is 14.1. The summed E-state index contributed by atoms with van der Waals surface area (Å²) in [6, 6.07) is 9.58. The van der Waals surface area contributed by atoms with Gasteiger partial charge in [0.2, 0.25) is 0 Å². The molecular weight excluding hydrogens is 230 g/mol. The number of rotatable bonds is 9. The smallest absolute Gasteiger partial charge is 0.0107 e. The summed E-state index contributed by atoms with van der Waals surface area (Å²) in [4.78, 5) is 0. The Hall–Kier alpha value is -0.820. The molecule has 1 heteroatoms.